The molecule has 2 fully saturated rings. The van der Waals surface area contributed by atoms with Gasteiger partial charge in [-0.1, -0.05) is 5.16 Å². The molecule has 0 aromatic carbocycles. The van der Waals surface area contributed by atoms with Crippen LogP contribution in [0.1, 0.15) is 18.5 Å². The lowest BCUT2D eigenvalue weighted by Gasteiger charge is -2.36. The molecule has 0 amide bonds. The lowest BCUT2D eigenvalue weighted by Crippen LogP contribution is -2.54. The number of nitrogens with one attached hydrogen (secondary N) is 1. The molecule has 2 aliphatic heterocycles. The van der Waals surface area contributed by atoms with Crippen molar-refractivity contribution < 1.29 is 17.7 Å². The Bertz CT molecular complexity index is 684. The van der Waals surface area contributed by atoms with Crippen LogP contribution in [0.15, 0.2) is 21.8 Å². The van der Waals surface area contributed by atoms with E-state index in [2.05, 4.69) is 20.4 Å². The van der Waals surface area contributed by atoms with Crippen LogP contribution in [0.2, 0.25) is 0 Å². The standard InChI is InChI=1S/C16H27N5O4S.HI/c1-17-16(18-12-14-2-9-24-10-3-14)20-5-7-21(8-6-20)26(22,23)13-15-4-11-25-19-15;/h4,11,14H,2-3,5-10,12-13H2,1H3,(H,17,18);1H. The second-order valence-electron chi connectivity index (χ2n) is 6.62. The van der Waals surface area contributed by atoms with E-state index in [0.29, 0.717) is 37.8 Å². The van der Waals surface area contributed by atoms with Crippen LogP contribution in [0.25, 0.3) is 0 Å². The van der Waals surface area contributed by atoms with E-state index in [1.54, 1.807) is 13.1 Å². The summed E-state index contributed by atoms with van der Waals surface area (Å²) in [5, 5.41) is 7.12. The highest BCUT2D eigenvalue weighted by Crippen LogP contribution is 2.15. The molecule has 0 aliphatic carbocycles. The molecule has 0 spiro atoms. The highest BCUT2D eigenvalue weighted by Gasteiger charge is 2.29. The third kappa shape index (κ3) is 6.29. The molecule has 1 N–H and O–H groups in total. The molecule has 9 nitrogen and oxygen atoms in total. The maximum Gasteiger partial charge on any atom is 0.220 e. The van der Waals surface area contributed by atoms with Crippen LogP contribution < -0.4 is 5.32 Å². The fraction of sp³-hybridized carbons (Fsp3) is 0.750. The first-order chi connectivity index (χ1) is 12.6. The first-order valence-electron chi connectivity index (χ1n) is 8.99. The van der Waals surface area contributed by atoms with Gasteiger partial charge in [0.15, 0.2) is 5.96 Å². The van der Waals surface area contributed by atoms with E-state index in [1.807, 2.05) is 0 Å². The molecule has 11 heteroatoms. The zero-order chi connectivity index (χ0) is 18.4. The summed E-state index contributed by atoms with van der Waals surface area (Å²) in [6.07, 6.45) is 3.52. The molecule has 27 heavy (non-hydrogen) atoms. The molecule has 1 aromatic rings. The summed E-state index contributed by atoms with van der Waals surface area (Å²) in [6, 6.07) is 1.58. The molecular weight excluding hydrogens is 485 g/mol. The first-order valence-corrected chi connectivity index (χ1v) is 10.6. The minimum absolute atomic E-state index is 0. The van der Waals surface area contributed by atoms with Crippen LogP contribution >= 0.6 is 24.0 Å². The smallest absolute Gasteiger partial charge is 0.220 e. The number of rotatable bonds is 5. The Hall–Kier alpha value is -0.920. The number of guanidine groups is 1. The average molecular weight is 513 g/mol. The SMILES string of the molecule is CN=C(NCC1CCOCC1)N1CCN(S(=O)(=O)Cc2ccon2)CC1.I. The second kappa shape index (κ2) is 10.6. The Kier molecular flexibility index (Phi) is 8.76. The normalized spacial score (nSPS) is 20.3. The van der Waals surface area contributed by atoms with Crippen LogP contribution in [0.3, 0.4) is 0 Å². The lowest BCUT2D eigenvalue weighted by molar-refractivity contribution is 0.0673. The molecule has 1 aromatic heterocycles. The average Bonchev–Trinajstić information content (AvgIpc) is 3.16. The van der Waals surface area contributed by atoms with E-state index < -0.39 is 10.0 Å². The quantitative estimate of drug-likeness (QED) is 0.352. The highest BCUT2D eigenvalue weighted by molar-refractivity contribution is 14.0. The Balaban J connectivity index is 0.00000261. The van der Waals surface area contributed by atoms with Gasteiger partial charge in [-0.2, -0.15) is 4.31 Å². The monoisotopic (exact) mass is 513 g/mol. The molecule has 2 saturated heterocycles. The molecule has 0 saturated carbocycles. The van der Waals surface area contributed by atoms with Crippen LogP contribution in [0.5, 0.6) is 0 Å². The van der Waals surface area contributed by atoms with Gasteiger partial charge >= 0.3 is 0 Å². The number of nitrogens with zero attached hydrogens (tertiary/aromatic N) is 4. The summed E-state index contributed by atoms with van der Waals surface area (Å²) in [6.45, 7) is 4.65. The molecule has 0 bridgehead atoms. The zero-order valence-corrected chi connectivity index (χ0v) is 18.7. The van der Waals surface area contributed by atoms with Crippen molar-refractivity contribution in [2.24, 2.45) is 10.9 Å². The highest BCUT2D eigenvalue weighted by atomic mass is 127. The lowest BCUT2D eigenvalue weighted by atomic mass is 10.0. The van der Waals surface area contributed by atoms with Crippen molar-refractivity contribution in [1.29, 1.82) is 0 Å². The van der Waals surface area contributed by atoms with E-state index in [1.165, 1.54) is 10.6 Å². The molecule has 0 atom stereocenters. The number of sulfonamides is 1. The van der Waals surface area contributed by atoms with Gasteiger partial charge in [-0.15, -0.1) is 24.0 Å². The minimum atomic E-state index is -3.38. The third-order valence-corrected chi connectivity index (χ3v) is 6.67. The maximum absolute atomic E-state index is 12.5. The van der Waals surface area contributed by atoms with Crippen molar-refractivity contribution in [3.63, 3.8) is 0 Å². The first kappa shape index (κ1) is 22.4. The van der Waals surface area contributed by atoms with Crippen LogP contribution in [-0.2, 0) is 20.5 Å². The molecule has 0 unspecified atom stereocenters. The van der Waals surface area contributed by atoms with Gasteiger partial charge in [-0.3, -0.25) is 4.99 Å². The van der Waals surface area contributed by atoms with E-state index in [0.717, 1.165) is 38.6 Å². The van der Waals surface area contributed by atoms with Gasteiger partial charge in [0.25, 0.3) is 0 Å². The number of ether oxygens (including phenoxy) is 1. The van der Waals surface area contributed by atoms with Gasteiger partial charge in [-0.25, -0.2) is 8.42 Å². The van der Waals surface area contributed by atoms with Crippen LogP contribution in [0.4, 0.5) is 0 Å². The molecule has 0 radical (unpaired) electrons. The number of aromatic nitrogens is 1. The van der Waals surface area contributed by atoms with Crippen molar-refractivity contribution in [3.8, 4) is 0 Å². The van der Waals surface area contributed by atoms with Gasteiger partial charge < -0.3 is 19.5 Å². The predicted molar refractivity (Wildman–Crippen MR) is 113 cm³/mol. The second-order valence-corrected chi connectivity index (χ2v) is 8.59. The Labute approximate surface area is 177 Å². The zero-order valence-electron chi connectivity index (χ0n) is 15.5. The van der Waals surface area contributed by atoms with E-state index in [4.69, 9.17) is 9.26 Å². The van der Waals surface area contributed by atoms with Crippen LogP contribution in [0, 0.1) is 5.92 Å². The molecule has 154 valence electrons. The number of aliphatic imine (C=N–C) groups is 1. The van der Waals surface area contributed by atoms with Gasteiger partial charge in [-0.05, 0) is 18.8 Å². The number of hydrogen-bond acceptors (Lipinski definition) is 6. The van der Waals surface area contributed by atoms with E-state index >= 15 is 0 Å². The number of piperazine rings is 1. The summed E-state index contributed by atoms with van der Waals surface area (Å²) >= 11 is 0. The van der Waals surface area contributed by atoms with Crippen molar-refractivity contribution in [3.05, 3.63) is 18.0 Å². The van der Waals surface area contributed by atoms with Crippen molar-refractivity contribution in [2.75, 3.05) is 53.0 Å². The van der Waals surface area contributed by atoms with Crippen LogP contribution in [-0.4, -0.2) is 81.7 Å². The van der Waals surface area contributed by atoms with Gasteiger partial charge in [0.05, 0.1) is 5.69 Å². The largest absolute Gasteiger partial charge is 0.381 e. The summed E-state index contributed by atoms with van der Waals surface area (Å²) < 4.78 is 36.6. The maximum atomic E-state index is 12.5. The summed E-state index contributed by atoms with van der Waals surface area (Å²) in [5.41, 5.74) is 0.432. The molecular formula is C16H28IN5O4S. The van der Waals surface area contributed by atoms with Crippen molar-refractivity contribution in [1.82, 2.24) is 19.7 Å². The number of hydrogen-bond donors (Lipinski definition) is 1. The van der Waals surface area contributed by atoms with Crippen molar-refractivity contribution in [2.45, 2.75) is 18.6 Å². The topological polar surface area (TPSA) is 100 Å². The predicted octanol–water partition coefficient (Wildman–Crippen LogP) is 0.742. The summed E-state index contributed by atoms with van der Waals surface area (Å²) in [4.78, 5) is 6.47. The fourth-order valence-corrected chi connectivity index (χ4v) is 4.71. The van der Waals surface area contributed by atoms with Gasteiger partial charge in [0, 0.05) is 59.1 Å². The molecule has 3 rings (SSSR count). The van der Waals surface area contributed by atoms with E-state index in [9.17, 15) is 8.42 Å². The van der Waals surface area contributed by atoms with Gasteiger partial charge in [0.1, 0.15) is 12.0 Å². The molecule has 3 heterocycles. The third-order valence-electron chi connectivity index (χ3n) is 4.85. The Morgan fingerprint density at radius 2 is 2.00 bits per heavy atom. The molecule has 2 aliphatic rings. The number of halogens is 1. The Morgan fingerprint density at radius 3 is 2.59 bits per heavy atom. The van der Waals surface area contributed by atoms with Gasteiger partial charge in [0.2, 0.25) is 10.0 Å². The fourth-order valence-electron chi connectivity index (χ4n) is 3.29. The van der Waals surface area contributed by atoms with E-state index in [-0.39, 0.29) is 29.7 Å². The van der Waals surface area contributed by atoms with Crippen molar-refractivity contribution >= 4 is 40.0 Å². The minimum Gasteiger partial charge on any atom is -0.381 e. The Morgan fingerprint density at radius 1 is 1.30 bits per heavy atom. The summed E-state index contributed by atoms with van der Waals surface area (Å²) in [7, 11) is -1.62. The summed E-state index contributed by atoms with van der Waals surface area (Å²) in [5.74, 6) is 1.31.